The van der Waals surface area contributed by atoms with Crippen LogP contribution < -0.4 is 18.9 Å². The average molecular weight is 400 g/mol. The monoisotopic (exact) mass is 400 g/mol. The highest BCUT2D eigenvalue weighted by molar-refractivity contribution is 7.90. The number of nitrogens with zero attached hydrogens (tertiary/aromatic N) is 3. The van der Waals surface area contributed by atoms with Crippen molar-refractivity contribution >= 4 is 26.8 Å². The van der Waals surface area contributed by atoms with E-state index in [4.69, 9.17) is 14.6 Å². The molecule has 0 amide bonds. The van der Waals surface area contributed by atoms with Crippen molar-refractivity contribution in [1.82, 2.24) is 9.97 Å². The van der Waals surface area contributed by atoms with E-state index in [1.807, 2.05) is 18.2 Å². The average Bonchev–Trinajstić information content (AvgIpc) is 2.70. The van der Waals surface area contributed by atoms with Gasteiger partial charge in [0.1, 0.15) is 6.33 Å². The number of nitrogens with two attached hydrogens (primary N) is 1. The third kappa shape index (κ3) is 3.12. The van der Waals surface area contributed by atoms with E-state index in [-0.39, 0.29) is 0 Å². The summed E-state index contributed by atoms with van der Waals surface area (Å²) in [6.45, 7) is 0.388. The first-order valence-electron chi connectivity index (χ1n) is 8.73. The van der Waals surface area contributed by atoms with Gasteiger partial charge in [-0.2, -0.15) is 8.42 Å². The minimum Gasteiger partial charge on any atom is -0.493 e. The maximum Gasteiger partial charge on any atom is 0.299 e. The van der Waals surface area contributed by atoms with Crippen LogP contribution in [0, 0.1) is 0 Å². The van der Waals surface area contributed by atoms with Gasteiger partial charge in [-0.25, -0.2) is 15.1 Å². The van der Waals surface area contributed by atoms with Gasteiger partial charge in [-0.15, -0.1) is 0 Å². The van der Waals surface area contributed by atoms with Gasteiger partial charge in [-0.05, 0) is 36.6 Å². The van der Waals surface area contributed by atoms with Gasteiger partial charge in [0, 0.05) is 23.6 Å². The molecule has 0 bridgehead atoms. The molecule has 0 fully saturated rings. The Hall–Kier alpha value is -2.91. The molecule has 1 aliphatic rings. The molecule has 0 aliphatic carbocycles. The summed E-state index contributed by atoms with van der Waals surface area (Å²) in [5.41, 5.74) is 3.88. The number of methoxy groups -OCH3 is 2. The molecule has 0 spiro atoms. The molecule has 28 heavy (non-hydrogen) atoms. The van der Waals surface area contributed by atoms with Crippen molar-refractivity contribution in [2.45, 2.75) is 12.8 Å². The Morgan fingerprint density at radius 2 is 1.82 bits per heavy atom. The van der Waals surface area contributed by atoms with Crippen LogP contribution in [0.15, 0.2) is 36.7 Å². The normalized spacial score (nSPS) is 14.0. The first kappa shape index (κ1) is 18.5. The Balaban J connectivity index is 1.87. The lowest BCUT2D eigenvalue weighted by Crippen LogP contribution is -2.40. The topological polar surface area (TPSA) is 108 Å². The van der Waals surface area contributed by atoms with Gasteiger partial charge in [-0.3, -0.25) is 4.31 Å². The Kier molecular flexibility index (Phi) is 4.56. The molecule has 0 radical (unpaired) electrons. The number of hydrogen-bond donors (Lipinski definition) is 1. The molecule has 9 heteroatoms. The van der Waals surface area contributed by atoms with Crippen LogP contribution in [0.25, 0.3) is 22.2 Å². The van der Waals surface area contributed by atoms with Gasteiger partial charge in [0.25, 0.3) is 10.2 Å². The van der Waals surface area contributed by atoms with Crippen LogP contribution in [-0.4, -0.2) is 39.2 Å². The fraction of sp³-hybridized carbons (Fsp3) is 0.263. The van der Waals surface area contributed by atoms with E-state index in [0.29, 0.717) is 30.2 Å². The fourth-order valence-corrected chi connectivity index (χ4v) is 4.42. The van der Waals surface area contributed by atoms with Crippen molar-refractivity contribution in [3.8, 4) is 22.8 Å². The number of rotatable bonds is 4. The van der Waals surface area contributed by atoms with E-state index in [2.05, 4.69) is 9.97 Å². The van der Waals surface area contributed by atoms with Crippen molar-refractivity contribution in [1.29, 1.82) is 0 Å². The first-order chi connectivity index (χ1) is 13.4. The third-order valence-electron chi connectivity index (χ3n) is 4.88. The van der Waals surface area contributed by atoms with Gasteiger partial charge in [-0.1, -0.05) is 6.07 Å². The molecule has 3 aromatic rings. The number of anilines is 1. The minimum atomic E-state index is -3.79. The second-order valence-electron chi connectivity index (χ2n) is 6.51. The second-order valence-corrected chi connectivity index (χ2v) is 7.98. The molecule has 4 rings (SSSR count). The highest BCUT2D eigenvalue weighted by Gasteiger charge is 2.25. The highest BCUT2D eigenvalue weighted by Crippen LogP contribution is 2.37. The van der Waals surface area contributed by atoms with Crippen LogP contribution in [0.1, 0.15) is 12.0 Å². The van der Waals surface area contributed by atoms with E-state index in [1.165, 1.54) is 10.6 Å². The summed E-state index contributed by atoms with van der Waals surface area (Å²) in [6, 6.07) is 9.25. The van der Waals surface area contributed by atoms with Crippen LogP contribution in [0.4, 0.5) is 5.69 Å². The number of hydrogen-bond acceptors (Lipinski definition) is 6. The number of fused-ring (bicyclic) bond motifs is 2. The number of aromatic nitrogens is 2. The third-order valence-corrected chi connectivity index (χ3v) is 5.87. The van der Waals surface area contributed by atoms with Crippen LogP contribution in [-0.2, 0) is 16.6 Å². The lowest BCUT2D eigenvalue weighted by molar-refractivity contribution is 0.356. The molecule has 1 aliphatic heterocycles. The predicted octanol–water partition coefficient (Wildman–Crippen LogP) is 2.27. The molecule has 146 valence electrons. The molecule has 8 nitrogen and oxygen atoms in total. The molecule has 2 N–H and O–H groups in total. The Labute approximate surface area is 163 Å². The predicted molar refractivity (Wildman–Crippen MR) is 107 cm³/mol. The summed E-state index contributed by atoms with van der Waals surface area (Å²) in [5.74, 6) is 1.18. The largest absolute Gasteiger partial charge is 0.493 e. The van der Waals surface area contributed by atoms with E-state index >= 15 is 0 Å². The van der Waals surface area contributed by atoms with Gasteiger partial charge in [0.05, 0.1) is 31.1 Å². The molecule has 0 atom stereocenters. The Morgan fingerprint density at radius 1 is 1.07 bits per heavy atom. The fourth-order valence-electron chi connectivity index (χ4n) is 3.59. The summed E-state index contributed by atoms with van der Waals surface area (Å²) >= 11 is 0. The van der Waals surface area contributed by atoms with Crippen molar-refractivity contribution in [2.24, 2.45) is 5.14 Å². The van der Waals surface area contributed by atoms with E-state index in [9.17, 15) is 8.42 Å². The molecule has 2 heterocycles. The van der Waals surface area contributed by atoms with Gasteiger partial charge >= 0.3 is 0 Å². The zero-order valence-corrected chi connectivity index (χ0v) is 16.4. The van der Waals surface area contributed by atoms with Crippen molar-refractivity contribution < 1.29 is 17.9 Å². The zero-order chi connectivity index (χ0) is 19.9. The number of aryl methyl sites for hydroxylation is 1. The maximum atomic E-state index is 11.9. The standard InChI is InChI=1S/C19H20N4O4S/c1-26-17-9-14-15(10-18(17)27-2)21-11-22-19(14)13-5-6-16-12(8-13)4-3-7-23(16)28(20,24)25/h5-6,8-11H,3-4,7H2,1-2H3,(H2,20,24,25). The Bertz CT molecular complexity index is 1160. The molecule has 0 saturated carbocycles. The van der Waals surface area contributed by atoms with Crippen LogP contribution in [0.2, 0.25) is 0 Å². The van der Waals surface area contributed by atoms with E-state index in [1.54, 1.807) is 26.4 Å². The van der Waals surface area contributed by atoms with Crippen molar-refractivity contribution in [3.05, 3.63) is 42.2 Å². The Morgan fingerprint density at radius 3 is 2.54 bits per heavy atom. The van der Waals surface area contributed by atoms with E-state index in [0.717, 1.165) is 34.1 Å². The first-order valence-corrected chi connectivity index (χ1v) is 10.2. The molecule has 0 unspecified atom stereocenters. The number of benzene rings is 2. The quantitative estimate of drug-likeness (QED) is 0.720. The van der Waals surface area contributed by atoms with Gasteiger partial charge in [0.15, 0.2) is 11.5 Å². The SMILES string of the molecule is COc1cc2ncnc(-c3ccc4c(c3)CCCN4S(N)(=O)=O)c2cc1OC. The molecule has 0 saturated heterocycles. The molecule has 2 aromatic carbocycles. The molecule has 1 aromatic heterocycles. The maximum absolute atomic E-state index is 11.9. The lowest BCUT2D eigenvalue weighted by atomic mass is 9.98. The zero-order valence-electron chi connectivity index (χ0n) is 15.5. The highest BCUT2D eigenvalue weighted by atomic mass is 32.2. The summed E-state index contributed by atoms with van der Waals surface area (Å²) in [4.78, 5) is 8.79. The second kappa shape index (κ2) is 6.92. The molecular formula is C19H20N4O4S. The summed E-state index contributed by atoms with van der Waals surface area (Å²) in [5, 5.41) is 6.18. The summed E-state index contributed by atoms with van der Waals surface area (Å²) in [7, 11) is -0.638. The van der Waals surface area contributed by atoms with Gasteiger partial charge < -0.3 is 9.47 Å². The lowest BCUT2D eigenvalue weighted by Gasteiger charge is -2.29. The molecular weight excluding hydrogens is 380 g/mol. The summed E-state index contributed by atoms with van der Waals surface area (Å²) in [6.07, 6.45) is 2.98. The van der Waals surface area contributed by atoms with Crippen molar-refractivity contribution in [3.63, 3.8) is 0 Å². The smallest absolute Gasteiger partial charge is 0.299 e. The minimum absolute atomic E-state index is 0.388. The van der Waals surface area contributed by atoms with Crippen molar-refractivity contribution in [2.75, 3.05) is 25.1 Å². The van der Waals surface area contributed by atoms with Crippen LogP contribution >= 0.6 is 0 Å². The summed E-state index contributed by atoms with van der Waals surface area (Å²) < 4.78 is 35.7. The van der Waals surface area contributed by atoms with Gasteiger partial charge in [0.2, 0.25) is 0 Å². The van der Waals surface area contributed by atoms with Crippen LogP contribution in [0.5, 0.6) is 11.5 Å². The number of ether oxygens (including phenoxy) is 2. The van der Waals surface area contributed by atoms with E-state index < -0.39 is 10.2 Å². The van der Waals surface area contributed by atoms with Crippen LogP contribution in [0.3, 0.4) is 0 Å².